The van der Waals surface area contributed by atoms with E-state index in [1.165, 1.54) is 11.3 Å². The molecule has 0 saturated carbocycles. The van der Waals surface area contributed by atoms with Gasteiger partial charge in [-0.15, -0.1) is 24.0 Å². The van der Waals surface area contributed by atoms with Crippen LogP contribution in [0.25, 0.3) is 0 Å². The van der Waals surface area contributed by atoms with Gasteiger partial charge in [-0.2, -0.15) is 0 Å². The van der Waals surface area contributed by atoms with Gasteiger partial charge in [0, 0.05) is 32.4 Å². The number of nitrogens with zero attached hydrogens (tertiary/aromatic N) is 3. The van der Waals surface area contributed by atoms with E-state index in [-0.39, 0.29) is 24.0 Å². The van der Waals surface area contributed by atoms with Gasteiger partial charge in [0.25, 0.3) is 0 Å². The highest BCUT2D eigenvalue weighted by Crippen LogP contribution is 2.27. The van der Waals surface area contributed by atoms with Gasteiger partial charge in [-0.25, -0.2) is 0 Å². The standard InChI is InChI=1S/C15H24N4.HI/c1-4-18(3)12-10-17-15(16-2)19-11-9-13-7-5-6-8-14(13)19;/h5-8H,4,9-12H2,1-3H3,(H,16,17);1H. The average molecular weight is 388 g/mol. The molecular formula is C15H25IN4. The molecule has 0 unspecified atom stereocenters. The van der Waals surface area contributed by atoms with Crippen LogP contribution in [0.15, 0.2) is 29.3 Å². The molecule has 1 N–H and O–H groups in total. The van der Waals surface area contributed by atoms with E-state index in [9.17, 15) is 0 Å². The fourth-order valence-electron chi connectivity index (χ4n) is 2.37. The highest BCUT2D eigenvalue weighted by Gasteiger charge is 2.21. The van der Waals surface area contributed by atoms with Crippen LogP contribution in [0.1, 0.15) is 12.5 Å². The van der Waals surface area contributed by atoms with E-state index in [1.54, 1.807) is 0 Å². The number of rotatable bonds is 4. The number of hydrogen-bond acceptors (Lipinski definition) is 2. The Hall–Kier alpha value is -0.820. The molecule has 0 aromatic heterocycles. The molecule has 1 aliphatic rings. The molecule has 1 aromatic rings. The summed E-state index contributed by atoms with van der Waals surface area (Å²) >= 11 is 0. The third-order valence-corrected chi connectivity index (χ3v) is 3.67. The van der Waals surface area contributed by atoms with E-state index in [0.29, 0.717) is 0 Å². The zero-order valence-corrected chi connectivity index (χ0v) is 14.9. The molecule has 112 valence electrons. The third-order valence-electron chi connectivity index (χ3n) is 3.67. The van der Waals surface area contributed by atoms with Crippen LogP contribution in [0.2, 0.25) is 0 Å². The van der Waals surface area contributed by atoms with Crippen molar-refractivity contribution >= 4 is 35.6 Å². The molecule has 0 radical (unpaired) electrons. The number of likely N-dealkylation sites (N-methyl/N-ethyl adjacent to an activating group) is 1. The van der Waals surface area contributed by atoms with Crippen molar-refractivity contribution in [3.05, 3.63) is 29.8 Å². The Morgan fingerprint density at radius 1 is 1.40 bits per heavy atom. The van der Waals surface area contributed by atoms with E-state index in [0.717, 1.165) is 38.6 Å². The SMILES string of the molecule is CCN(C)CCNC(=NC)N1CCc2ccccc21.I. The minimum Gasteiger partial charge on any atom is -0.355 e. The number of halogens is 1. The second kappa shape index (κ2) is 8.46. The molecular weight excluding hydrogens is 363 g/mol. The van der Waals surface area contributed by atoms with Gasteiger partial charge in [0.05, 0.1) is 0 Å². The molecule has 20 heavy (non-hydrogen) atoms. The lowest BCUT2D eigenvalue weighted by molar-refractivity contribution is 0.357. The summed E-state index contributed by atoms with van der Waals surface area (Å²) < 4.78 is 0. The zero-order valence-electron chi connectivity index (χ0n) is 12.6. The van der Waals surface area contributed by atoms with Gasteiger partial charge in [0.1, 0.15) is 0 Å². The molecule has 2 rings (SSSR count). The maximum absolute atomic E-state index is 4.40. The summed E-state index contributed by atoms with van der Waals surface area (Å²) in [6.07, 6.45) is 1.10. The summed E-state index contributed by atoms with van der Waals surface area (Å²) in [4.78, 5) is 8.97. The normalized spacial score (nSPS) is 14.2. The lowest BCUT2D eigenvalue weighted by atomic mass is 10.2. The van der Waals surface area contributed by atoms with Crippen molar-refractivity contribution in [2.24, 2.45) is 4.99 Å². The Morgan fingerprint density at radius 2 is 2.15 bits per heavy atom. The minimum absolute atomic E-state index is 0. The first-order valence-electron chi connectivity index (χ1n) is 7.01. The largest absolute Gasteiger partial charge is 0.355 e. The van der Waals surface area contributed by atoms with Crippen molar-refractivity contribution in [2.75, 3.05) is 45.2 Å². The van der Waals surface area contributed by atoms with Crippen LogP contribution in [-0.4, -0.2) is 51.1 Å². The van der Waals surface area contributed by atoms with Crippen molar-refractivity contribution < 1.29 is 0 Å². The van der Waals surface area contributed by atoms with Crippen LogP contribution in [0.3, 0.4) is 0 Å². The van der Waals surface area contributed by atoms with Crippen molar-refractivity contribution in [1.82, 2.24) is 10.2 Å². The van der Waals surface area contributed by atoms with Gasteiger partial charge in [0.2, 0.25) is 0 Å². The highest BCUT2D eigenvalue weighted by molar-refractivity contribution is 14.0. The molecule has 0 aliphatic carbocycles. The number of anilines is 1. The van der Waals surface area contributed by atoms with Crippen LogP contribution in [0.4, 0.5) is 5.69 Å². The highest BCUT2D eigenvalue weighted by atomic mass is 127. The Kier molecular flexibility index (Phi) is 7.29. The monoisotopic (exact) mass is 388 g/mol. The molecule has 0 spiro atoms. The number of guanidine groups is 1. The molecule has 0 atom stereocenters. The van der Waals surface area contributed by atoms with Crippen LogP contribution >= 0.6 is 24.0 Å². The Balaban J connectivity index is 0.00000200. The van der Waals surface area contributed by atoms with Gasteiger partial charge >= 0.3 is 0 Å². The number of aliphatic imine (C=N–C) groups is 1. The lowest BCUT2D eigenvalue weighted by Crippen LogP contribution is -2.43. The van der Waals surface area contributed by atoms with Gasteiger partial charge in [0.15, 0.2) is 5.96 Å². The van der Waals surface area contributed by atoms with Gasteiger partial charge < -0.3 is 15.1 Å². The number of benzene rings is 1. The molecule has 0 fully saturated rings. The van der Waals surface area contributed by atoms with Gasteiger partial charge in [-0.05, 0) is 31.6 Å². The van der Waals surface area contributed by atoms with Crippen molar-refractivity contribution in [2.45, 2.75) is 13.3 Å². The Labute approximate surface area is 139 Å². The minimum atomic E-state index is 0. The topological polar surface area (TPSA) is 30.9 Å². The smallest absolute Gasteiger partial charge is 0.198 e. The number of para-hydroxylation sites is 1. The molecule has 4 nitrogen and oxygen atoms in total. The summed E-state index contributed by atoms with van der Waals surface area (Å²) in [6.45, 7) is 6.22. The number of fused-ring (bicyclic) bond motifs is 1. The van der Waals surface area contributed by atoms with E-state index in [2.05, 4.69) is 58.3 Å². The van der Waals surface area contributed by atoms with Gasteiger partial charge in [-0.1, -0.05) is 25.1 Å². The first-order valence-corrected chi connectivity index (χ1v) is 7.01. The average Bonchev–Trinajstić information content (AvgIpc) is 2.87. The quantitative estimate of drug-likeness (QED) is 0.488. The molecule has 0 amide bonds. The predicted molar refractivity (Wildman–Crippen MR) is 97.4 cm³/mol. The number of hydrogen-bond donors (Lipinski definition) is 1. The number of nitrogens with one attached hydrogen (secondary N) is 1. The second-order valence-electron chi connectivity index (χ2n) is 4.90. The molecule has 1 aromatic carbocycles. The van der Waals surface area contributed by atoms with E-state index in [1.807, 2.05) is 7.05 Å². The summed E-state index contributed by atoms with van der Waals surface area (Å²) in [5.74, 6) is 0.981. The third kappa shape index (κ3) is 4.09. The molecule has 0 saturated heterocycles. The Morgan fingerprint density at radius 3 is 2.85 bits per heavy atom. The maximum Gasteiger partial charge on any atom is 0.198 e. The van der Waals surface area contributed by atoms with Crippen LogP contribution < -0.4 is 10.2 Å². The molecule has 0 bridgehead atoms. The van der Waals surface area contributed by atoms with Crippen molar-refractivity contribution in [1.29, 1.82) is 0 Å². The molecule has 1 aliphatic heterocycles. The molecule has 5 heteroatoms. The first kappa shape index (κ1) is 17.2. The van der Waals surface area contributed by atoms with Crippen LogP contribution in [-0.2, 0) is 6.42 Å². The summed E-state index contributed by atoms with van der Waals surface area (Å²) in [6, 6.07) is 8.57. The van der Waals surface area contributed by atoms with Crippen molar-refractivity contribution in [3.63, 3.8) is 0 Å². The predicted octanol–water partition coefficient (Wildman–Crippen LogP) is 2.19. The van der Waals surface area contributed by atoms with Crippen LogP contribution in [0.5, 0.6) is 0 Å². The first-order chi connectivity index (χ1) is 9.26. The summed E-state index contributed by atoms with van der Waals surface area (Å²) in [5, 5.41) is 3.45. The van der Waals surface area contributed by atoms with Gasteiger partial charge in [-0.3, -0.25) is 4.99 Å². The van der Waals surface area contributed by atoms with Crippen LogP contribution in [0, 0.1) is 0 Å². The maximum atomic E-state index is 4.40. The zero-order chi connectivity index (χ0) is 13.7. The Bertz CT molecular complexity index is 447. The lowest BCUT2D eigenvalue weighted by Gasteiger charge is -2.23. The van der Waals surface area contributed by atoms with Crippen molar-refractivity contribution in [3.8, 4) is 0 Å². The fraction of sp³-hybridized carbons (Fsp3) is 0.533. The second-order valence-corrected chi connectivity index (χ2v) is 4.90. The summed E-state index contributed by atoms with van der Waals surface area (Å²) in [5.41, 5.74) is 2.70. The summed E-state index contributed by atoms with van der Waals surface area (Å²) in [7, 11) is 3.99. The van der Waals surface area contributed by atoms with E-state index in [4.69, 9.17) is 0 Å². The fourth-order valence-corrected chi connectivity index (χ4v) is 2.37. The van der Waals surface area contributed by atoms with E-state index < -0.39 is 0 Å². The molecule has 1 heterocycles. The van der Waals surface area contributed by atoms with E-state index >= 15 is 0 Å².